The number of nitrogens with two attached hydrogens (primary N) is 1. The Morgan fingerprint density at radius 3 is 3.00 bits per heavy atom. The summed E-state index contributed by atoms with van der Waals surface area (Å²) in [4.78, 5) is 18.1. The van der Waals surface area contributed by atoms with Gasteiger partial charge in [-0.3, -0.25) is 9.78 Å². The lowest BCUT2D eigenvalue weighted by molar-refractivity contribution is 0.0984. The number of pyridine rings is 1. The molecule has 0 saturated carbocycles. The molecule has 102 valence electrons. The standard InChI is InChI=1S/C15H15N3O2/c16-13-4-1-5-14-12(13)3-2-6-18(14)15(20)10-7-11(19)9-17-8-10/h1,4-5,7-9,19H,2-3,6,16H2. The van der Waals surface area contributed by atoms with Gasteiger partial charge in [0.1, 0.15) is 5.75 Å². The van der Waals surface area contributed by atoms with Crippen molar-refractivity contribution in [3.8, 4) is 5.75 Å². The molecule has 2 heterocycles. The first-order chi connectivity index (χ1) is 9.66. The zero-order valence-corrected chi connectivity index (χ0v) is 10.9. The second kappa shape index (κ2) is 4.85. The summed E-state index contributed by atoms with van der Waals surface area (Å²) in [7, 11) is 0. The zero-order valence-electron chi connectivity index (χ0n) is 10.9. The predicted molar refractivity (Wildman–Crippen MR) is 76.8 cm³/mol. The van der Waals surface area contributed by atoms with Gasteiger partial charge < -0.3 is 15.7 Å². The van der Waals surface area contributed by atoms with Gasteiger partial charge in [-0.15, -0.1) is 0 Å². The molecular formula is C15H15N3O2. The number of nitrogens with zero attached hydrogens (tertiary/aromatic N) is 2. The van der Waals surface area contributed by atoms with Gasteiger partial charge in [-0.25, -0.2) is 0 Å². The molecular weight excluding hydrogens is 254 g/mol. The third kappa shape index (κ3) is 2.07. The Morgan fingerprint density at radius 1 is 1.35 bits per heavy atom. The molecule has 5 nitrogen and oxygen atoms in total. The van der Waals surface area contributed by atoms with E-state index in [0.29, 0.717) is 17.8 Å². The Kier molecular flexibility index (Phi) is 3.02. The van der Waals surface area contributed by atoms with Crippen molar-refractivity contribution < 1.29 is 9.90 Å². The van der Waals surface area contributed by atoms with Crippen molar-refractivity contribution >= 4 is 17.3 Å². The summed E-state index contributed by atoms with van der Waals surface area (Å²) >= 11 is 0. The van der Waals surface area contributed by atoms with Crippen LogP contribution in [0.15, 0.2) is 36.7 Å². The van der Waals surface area contributed by atoms with Crippen LogP contribution < -0.4 is 10.6 Å². The number of carbonyl (C=O) groups excluding carboxylic acids is 1. The monoisotopic (exact) mass is 269 g/mol. The molecule has 0 aliphatic carbocycles. The van der Waals surface area contributed by atoms with E-state index in [1.807, 2.05) is 18.2 Å². The number of fused-ring (bicyclic) bond motifs is 1. The Bertz CT molecular complexity index is 670. The van der Waals surface area contributed by atoms with Gasteiger partial charge in [-0.2, -0.15) is 0 Å². The quantitative estimate of drug-likeness (QED) is 0.776. The molecule has 2 aromatic rings. The highest BCUT2D eigenvalue weighted by Crippen LogP contribution is 2.32. The SMILES string of the molecule is Nc1cccc2c1CCCN2C(=O)c1cncc(O)c1. The largest absolute Gasteiger partial charge is 0.506 e. The Morgan fingerprint density at radius 2 is 2.20 bits per heavy atom. The van der Waals surface area contributed by atoms with Gasteiger partial charge in [0.05, 0.1) is 11.8 Å². The van der Waals surface area contributed by atoms with E-state index in [-0.39, 0.29) is 11.7 Å². The number of aromatic hydroxyl groups is 1. The number of carbonyl (C=O) groups is 1. The van der Waals surface area contributed by atoms with Crippen molar-refractivity contribution in [3.05, 3.63) is 47.8 Å². The Labute approximate surface area is 116 Å². The van der Waals surface area contributed by atoms with Crippen LogP contribution >= 0.6 is 0 Å². The lowest BCUT2D eigenvalue weighted by Gasteiger charge is -2.30. The van der Waals surface area contributed by atoms with Crippen LogP contribution in [0.25, 0.3) is 0 Å². The first-order valence-corrected chi connectivity index (χ1v) is 6.50. The van der Waals surface area contributed by atoms with Gasteiger partial charge in [0.25, 0.3) is 5.91 Å². The van der Waals surface area contributed by atoms with E-state index >= 15 is 0 Å². The molecule has 0 radical (unpaired) electrons. The van der Waals surface area contributed by atoms with Crippen LogP contribution in [-0.2, 0) is 6.42 Å². The van der Waals surface area contributed by atoms with Gasteiger partial charge in [-0.1, -0.05) is 6.07 Å². The molecule has 20 heavy (non-hydrogen) atoms. The van der Waals surface area contributed by atoms with Crippen LogP contribution in [0.1, 0.15) is 22.3 Å². The highest BCUT2D eigenvalue weighted by atomic mass is 16.3. The number of benzene rings is 1. The maximum atomic E-state index is 12.6. The molecule has 1 aromatic heterocycles. The summed E-state index contributed by atoms with van der Waals surface area (Å²) in [6, 6.07) is 7.03. The molecule has 1 aliphatic rings. The Balaban J connectivity index is 2.01. The minimum atomic E-state index is -0.167. The molecule has 3 rings (SSSR count). The van der Waals surface area contributed by atoms with Crippen molar-refractivity contribution in [3.63, 3.8) is 0 Å². The number of amides is 1. The van der Waals surface area contributed by atoms with Crippen molar-refractivity contribution in [1.82, 2.24) is 4.98 Å². The molecule has 0 saturated heterocycles. The number of aromatic nitrogens is 1. The summed E-state index contributed by atoms with van der Waals surface area (Å²) in [6.45, 7) is 0.644. The molecule has 0 unspecified atom stereocenters. The zero-order chi connectivity index (χ0) is 14.1. The van der Waals surface area contributed by atoms with Crippen molar-refractivity contribution in [2.75, 3.05) is 17.2 Å². The second-order valence-electron chi connectivity index (χ2n) is 4.84. The number of rotatable bonds is 1. The average Bonchev–Trinajstić information content (AvgIpc) is 2.46. The van der Waals surface area contributed by atoms with Gasteiger partial charge in [0, 0.05) is 24.1 Å². The van der Waals surface area contributed by atoms with Crippen LogP contribution in [-0.4, -0.2) is 22.5 Å². The van der Waals surface area contributed by atoms with Gasteiger partial charge in [-0.05, 0) is 36.6 Å². The smallest absolute Gasteiger partial charge is 0.259 e. The first-order valence-electron chi connectivity index (χ1n) is 6.50. The van der Waals surface area contributed by atoms with Crippen LogP contribution in [0.5, 0.6) is 5.75 Å². The van der Waals surface area contributed by atoms with E-state index in [9.17, 15) is 9.90 Å². The topological polar surface area (TPSA) is 79.5 Å². The minimum absolute atomic E-state index is 0.0133. The molecule has 0 atom stereocenters. The molecule has 1 aromatic carbocycles. The third-order valence-corrected chi connectivity index (χ3v) is 3.50. The van der Waals surface area contributed by atoms with Gasteiger partial charge >= 0.3 is 0 Å². The third-order valence-electron chi connectivity index (χ3n) is 3.50. The maximum Gasteiger partial charge on any atom is 0.259 e. The van der Waals surface area contributed by atoms with Crippen molar-refractivity contribution in [2.45, 2.75) is 12.8 Å². The molecule has 1 amide bonds. The molecule has 0 spiro atoms. The van der Waals surface area contributed by atoms with Gasteiger partial charge in [0.15, 0.2) is 0 Å². The van der Waals surface area contributed by atoms with E-state index in [1.54, 1.807) is 4.90 Å². The van der Waals surface area contributed by atoms with E-state index < -0.39 is 0 Å². The fourth-order valence-corrected chi connectivity index (χ4v) is 2.56. The summed E-state index contributed by atoms with van der Waals surface area (Å²) in [5.74, 6) is -0.180. The summed E-state index contributed by atoms with van der Waals surface area (Å²) in [5.41, 5.74) is 8.93. The van der Waals surface area contributed by atoms with Crippen LogP contribution in [0.3, 0.4) is 0 Å². The number of hydrogen-bond acceptors (Lipinski definition) is 4. The van der Waals surface area contributed by atoms with E-state index in [4.69, 9.17) is 5.73 Å². The van der Waals surface area contributed by atoms with E-state index in [0.717, 1.165) is 24.1 Å². The fraction of sp³-hybridized carbons (Fsp3) is 0.200. The van der Waals surface area contributed by atoms with Crippen LogP contribution in [0.2, 0.25) is 0 Å². The highest BCUT2D eigenvalue weighted by molar-refractivity contribution is 6.07. The number of anilines is 2. The molecule has 1 aliphatic heterocycles. The lowest BCUT2D eigenvalue weighted by Crippen LogP contribution is -2.35. The minimum Gasteiger partial charge on any atom is -0.506 e. The molecule has 5 heteroatoms. The first kappa shape index (κ1) is 12.5. The fourth-order valence-electron chi connectivity index (χ4n) is 2.56. The normalized spacial score (nSPS) is 13.9. The molecule has 0 bridgehead atoms. The number of nitrogen functional groups attached to an aromatic ring is 1. The van der Waals surface area contributed by atoms with E-state index in [2.05, 4.69) is 4.98 Å². The molecule has 3 N–H and O–H groups in total. The van der Waals surface area contributed by atoms with Crippen molar-refractivity contribution in [1.29, 1.82) is 0 Å². The summed E-state index contributed by atoms with van der Waals surface area (Å²) in [6.07, 6.45) is 4.52. The van der Waals surface area contributed by atoms with E-state index in [1.165, 1.54) is 18.5 Å². The second-order valence-corrected chi connectivity index (χ2v) is 4.84. The van der Waals surface area contributed by atoms with Crippen LogP contribution in [0.4, 0.5) is 11.4 Å². The highest BCUT2D eigenvalue weighted by Gasteiger charge is 2.24. The summed E-state index contributed by atoms with van der Waals surface area (Å²) in [5, 5.41) is 9.45. The lowest BCUT2D eigenvalue weighted by atomic mass is 9.99. The Hall–Kier alpha value is -2.56. The van der Waals surface area contributed by atoms with Crippen LogP contribution in [0, 0.1) is 0 Å². The van der Waals surface area contributed by atoms with Gasteiger partial charge in [0.2, 0.25) is 0 Å². The average molecular weight is 269 g/mol. The predicted octanol–water partition coefficient (Wildman–Crippen LogP) is 1.96. The molecule has 0 fully saturated rings. The summed E-state index contributed by atoms with van der Waals surface area (Å²) < 4.78 is 0. The maximum absolute atomic E-state index is 12.6. The van der Waals surface area contributed by atoms with Crippen molar-refractivity contribution in [2.24, 2.45) is 0 Å². The number of hydrogen-bond donors (Lipinski definition) is 2.